The van der Waals surface area contributed by atoms with E-state index in [1.165, 1.54) is 35.6 Å². The number of nitrogens with zero attached hydrogens (tertiary/aromatic N) is 3. The van der Waals surface area contributed by atoms with Crippen molar-refractivity contribution in [2.45, 2.75) is 226 Å². The van der Waals surface area contributed by atoms with E-state index in [-0.39, 0.29) is 142 Å². The van der Waals surface area contributed by atoms with Crippen LogP contribution in [-0.2, 0) is 86.4 Å². The lowest BCUT2D eigenvalue weighted by Gasteiger charge is -2.39. The quantitative estimate of drug-likeness (QED) is 0.0114. The predicted octanol–water partition coefficient (Wildman–Crippen LogP) is 7.28. The Morgan fingerprint density at radius 2 is 1.32 bits per heavy atom. The first-order valence-corrected chi connectivity index (χ1v) is 43.2. The Kier molecular flexibility index (Phi) is 45.9. The summed E-state index contributed by atoms with van der Waals surface area (Å²) in [4.78, 5) is 202. The molecule has 37 heteroatoms. The van der Waals surface area contributed by atoms with E-state index in [1.807, 2.05) is 32.7 Å². The molecule has 1 fully saturated rings. The summed E-state index contributed by atoms with van der Waals surface area (Å²) in [6, 6.07) is 5.57. The number of esters is 1. The van der Waals surface area contributed by atoms with Crippen molar-refractivity contribution in [3.05, 3.63) is 81.3 Å². The van der Waals surface area contributed by atoms with Gasteiger partial charge < -0.3 is 87.5 Å². The zero-order valence-corrected chi connectivity index (χ0v) is 70.5. The summed E-state index contributed by atoms with van der Waals surface area (Å²) in [5.41, 5.74) is 1.90. The van der Waals surface area contributed by atoms with E-state index in [0.717, 1.165) is 72.2 Å². The topological polar surface area (TPSA) is 511 Å². The Bertz CT molecular complexity index is 3740. The minimum Gasteiger partial charge on any atom is -0.508 e. The number of benzene rings is 2. The van der Waals surface area contributed by atoms with E-state index in [0.29, 0.717) is 48.4 Å². The molecule has 0 radical (unpaired) electrons. The van der Waals surface area contributed by atoms with Gasteiger partial charge in [-0.3, -0.25) is 57.6 Å². The van der Waals surface area contributed by atoms with Crippen molar-refractivity contribution in [3.63, 3.8) is 0 Å². The van der Waals surface area contributed by atoms with Crippen LogP contribution in [0.15, 0.2) is 53.9 Å². The molecule has 2 aromatic carbocycles. The number of likely N-dealkylation sites (N-methyl/N-ethyl adjacent to an activating group) is 1. The Balaban J connectivity index is 1.26. The molecular weight excluding hydrogens is 1580 g/mol. The number of rotatable bonds is 58. The van der Waals surface area contributed by atoms with Crippen LogP contribution in [0.3, 0.4) is 0 Å². The molecule has 2 unspecified atom stereocenters. The largest absolute Gasteiger partial charge is 0.508 e. The third kappa shape index (κ3) is 38.7. The average Bonchev–Trinajstić information content (AvgIpc) is 1.72. The smallest absolute Gasteiger partial charge is 0.327 e. The molecule has 34 nitrogen and oxygen atoms in total. The fourth-order valence-electron chi connectivity index (χ4n) is 13.1. The highest BCUT2D eigenvalue weighted by molar-refractivity contribution is 8.76. The second-order valence-electron chi connectivity index (χ2n) is 29.9. The van der Waals surface area contributed by atoms with Gasteiger partial charge in [0.15, 0.2) is 11.6 Å². The van der Waals surface area contributed by atoms with Gasteiger partial charge in [-0.05, 0) is 118 Å². The first-order valence-electron chi connectivity index (χ1n) is 39.8. The number of piperidine rings is 1. The van der Waals surface area contributed by atoms with Crippen molar-refractivity contribution in [2.75, 3.05) is 64.7 Å². The molecule has 14 N–H and O–H groups in total. The third-order valence-corrected chi connectivity index (χ3v) is 23.5. The van der Waals surface area contributed by atoms with Gasteiger partial charge in [0, 0.05) is 92.2 Å². The molecule has 1 saturated heterocycles. The van der Waals surface area contributed by atoms with Crippen LogP contribution in [0, 0.1) is 29.6 Å². The molecule has 117 heavy (non-hydrogen) atoms. The number of carboxylic acids is 5. The number of thiazole rings is 1. The molecule has 9 amide bonds. The van der Waals surface area contributed by atoms with Crippen molar-refractivity contribution in [1.82, 2.24) is 57.3 Å². The average molecular weight is 1700 g/mol. The Morgan fingerprint density at radius 3 is 1.97 bits per heavy atom. The first kappa shape index (κ1) is 99.9. The van der Waals surface area contributed by atoms with Crippen molar-refractivity contribution in [3.8, 4) is 5.75 Å². The summed E-state index contributed by atoms with van der Waals surface area (Å²) in [6.45, 7) is 14.9. The number of ketones is 2. The lowest BCUT2D eigenvalue weighted by molar-refractivity contribution is -0.151. The fourth-order valence-corrected chi connectivity index (χ4v) is 15.9. The standard InChI is InChI=1S/C80H119N11O23S3/c1-9-11-16-32-113-47-91(76(106)58(49(5)10-2)41-66(94)63-19-13-15-31-90(63)8)64(48(3)4)36-51(7)75-88-61(45-115-75)74(105)85-56(37-52-25-27-57(92)28-26-52)35-50(6)72(103)83-44-71(102)114-33-34-116-117-46-62(78(109)110)87-73(104)55(40-69(98)99)39-65(93)60(42-70(100)101)86-67(95)38-53-21-23-54(24-22-53)43-84-79(111)81-29-14-12-18-59(77(107)108)89-80(112)82-30-17-20-68(96)97/h21-28,45,48-51,55-56,58-60,62-64,92H,9-20,29-44,46-47H2,1-8H3,(H,83,103)(H,85,105)(H,86,95)(H,87,104)(H,96,97)(H,98,99)(H,100,101)(H,107,108)(H,109,110)(H2,81,84,111)(H2,82,89,112)/t49?,50-,51+,55-,56+,58-,59-,60-,62-,63?,64+/m0/s1. The highest BCUT2D eigenvalue weighted by atomic mass is 33.1. The zero-order chi connectivity index (χ0) is 86.7. The number of carboxylic acid groups (broad SMARTS) is 5. The van der Waals surface area contributed by atoms with Crippen LogP contribution in [-0.4, -0.2) is 235 Å². The van der Waals surface area contributed by atoms with Crippen molar-refractivity contribution in [2.24, 2.45) is 29.6 Å². The van der Waals surface area contributed by atoms with Gasteiger partial charge in [-0.1, -0.05) is 132 Å². The summed E-state index contributed by atoms with van der Waals surface area (Å²) in [7, 11) is 3.97. The van der Waals surface area contributed by atoms with Crippen LogP contribution in [0.4, 0.5) is 9.59 Å². The fraction of sp³-hybridized carbons (Fsp3) is 0.625. The van der Waals surface area contributed by atoms with Gasteiger partial charge in [-0.25, -0.2) is 24.2 Å². The molecule has 3 aromatic rings. The molecule has 650 valence electrons. The number of Topliss-reactive ketones (excluding diaryl/α,β-unsaturated/α-hetero) is 2. The summed E-state index contributed by atoms with van der Waals surface area (Å²) >= 11 is 1.32. The number of aromatic nitrogens is 1. The summed E-state index contributed by atoms with van der Waals surface area (Å²) in [5, 5.41) is 80.1. The van der Waals surface area contributed by atoms with Crippen LogP contribution in [0.1, 0.15) is 202 Å². The number of likely N-dealkylation sites (tertiary alicyclic amines) is 1. The maximum absolute atomic E-state index is 15.0. The van der Waals surface area contributed by atoms with E-state index in [1.54, 1.807) is 36.6 Å². The number of hydrogen-bond acceptors (Lipinski definition) is 23. The van der Waals surface area contributed by atoms with Crippen LogP contribution < -0.4 is 42.5 Å². The monoisotopic (exact) mass is 1700 g/mol. The first-order chi connectivity index (χ1) is 55.6. The number of carbonyl (C=O) groups is 15. The van der Waals surface area contributed by atoms with Crippen LogP contribution in [0.2, 0.25) is 0 Å². The minimum absolute atomic E-state index is 0.0163. The number of hydrogen-bond donors (Lipinski definition) is 14. The Labute approximate surface area is 694 Å². The second-order valence-corrected chi connectivity index (χ2v) is 33.4. The highest BCUT2D eigenvalue weighted by Crippen LogP contribution is 2.33. The van der Waals surface area contributed by atoms with Crippen LogP contribution in [0.25, 0.3) is 0 Å². The molecule has 0 bridgehead atoms. The molecule has 4 rings (SSSR count). The number of amides is 9. The van der Waals surface area contributed by atoms with Gasteiger partial charge in [0.1, 0.15) is 43.4 Å². The lowest BCUT2D eigenvalue weighted by Crippen LogP contribution is -2.50. The maximum atomic E-state index is 15.0. The number of phenols is 1. The van der Waals surface area contributed by atoms with Gasteiger partial charge >= 0.3 is 47.9 Å². The van der Waals surface area contributed by atoms with Crippen LogP contribution in [0.5, 0.6) is 5.75 Å². The van der Waals surface area contributed by atoms with E-state index in [4.69, 9.17) is 19.6 Å². The third-order valence-electron chi connectivity index (χ3n) is 20.0. The second kappa shape index (κ2) is 53.8. The van der Waals surface area contributed by atoms with Crippen molar-refractivity contribution >= 4 is 122 Å². The predicted molar refractivity (Wildman–Crippen MR) is 438 cm³/mol. The number of carbonyl (C=O) groups excluding carboxylic acids is 10. The summed E-state index contributed by atoms with van der Waals surface area (Å²) in [5.74, 6) is -15.2. The van der Waals surface area contributed by atoms with E-state index >= 15 is 4.79 Å². The molecule has 2 heterocycles. The van der Waals surface area contributed by atoms with Gasteiger partial charge in [0.05, 0.1) is 42.3 Å². The van der Waals surface area contributed by atoms with Crippen molar-refractivity contribution in [1.29, 1.82) is 0 Å². The van der Waals surface area contributed by atoms with E-state index in [2.05, 4.69) is 68.2 Å². The maximum Gasteiger partial charge on any atom is 0.327 e. The summed E-state index contributed by atoms with van der Waals surface area (Å²) < 4.78 is 11.5. The molecule has 0 aliphatic carbocycles. The Morgan fingerprint density at radius 1 is 0.658 bits per heavy atom. The number of nitrogens with one attached hydrogen (secondary N) is 8. The molecule has 1 aromatic heterocycles. The number of urea groups is 2. The Hall–Kier alpha value is -9.46. The number of ether oxygens (including phenoxy) is 2. The van der Waals surface area contributed by atoms with Gasteiger partial charge in [0.2, 0.25) is 23.6 Å². The van der Waals surface area contributed by atoms with Crippen LogP contribution >= 0.6 is 32.9 Å². The summed E-state index contributed by atoms with van der Waals surface area (Å²) in [6.07, 6.45) is 4.85. The van der Waals surface area contributed by atoms with Gasteiger partial charge in [-0.2, -0.15) is 0 Å². The molecule has 1 aliphatic rings. The lowest BCUT2D eigenvalue weighted by atomic mass is 9.82. The normalized spacial score (nSPS) is 15.3. The number of aliphatic carboxylic acids is 5. The van der Waals surface area contributed by atoms with E-state index < -0.39 is 145 Å². The van der Waals surface area contributed by atoms with E-state index in [9.17, 15) is 92.7 Å². The molecular formula is C80H119N11O23S3. The molecule has 0 saturated carbocycles. The van der Waals surface area contributed by atoms with Gasteiger partial charge in [0.25, 0.3) is 5.91 Å². The van der Waals surface area contributed by atoms with Crippen molar-refractivity contribution < 1.29 is 112 Å². The molecule has 11 atom stereocenters. The minimum atomic E-state index is -1.74. The highest BCUT2D eigenvalue weighted by Gasteiger charge is 2.39. The molecule has 1 aliphatic heterocycles. The molecule has 0 spiro atoms. The number of aromatic hydroxyl groups is 1. The van der Waals surface area contributed by atoms with Gasteiger partial charge in [-0.15, -0.1) is 11.3 Å². The zero-order valence-electron chi connectivity index (χ0n) is 68.0. The SMILES string of the molecule is CCCCCOCN(C(=O)[C@@H](CC(=O)C1CCCCN1C)C(C)CC)[C@H](C[C@@H](C)c1nc(C(=O)N[C@@H](Cc2ccc(O)cc2)C[C@H](C)C(=O)NCC(=O)OCCSSC[C@H](NC(=O)[C@H](CC(=O)O)CC(=O)[C@H](CC(=O)O)NC(=O)Cc2ccc(CNC(=O)NCCCC[C@H](NC(=O)NCCCC(=O)O)C(=O)O)cc2)C(=O)O)cs1)C(C)C. The number of phenolic OH excluding ortho intramolecular Hbond substituents is 1. The number of unbranched alkanes of at least 4 members (excludes halogenated alkanes) is 3.